The lowest BCUT2D eigenvalue weighted by Gasteiger charge is -2.13. The molecule has 56 valence electrons. The maximum absolute atomic E-state index is 5.83. The van der Waals surface area contributed by atoms with E-state index in [9.17, 15) is 0 Å². The molecule has 0 aromatic rings. The second kappa shape index (κ2) is 5.20. The normalized spacial score (nSPS) is 17.3. The van der Waals surface area contributed by atoms with Crippen LogP contribution in [0.25, 0.3) is 0 Å². The van der Waals surface area contributed by atoms with Gasteiger partial charge in [-0.2, -0.15) is 0 Å². The molecule has 0 bridgehead atoms. The van der Waals surface area contributed by atoms with Crippen LogP contribution in [0.2, 0.25) is 25.2 Å². The molecule has 0 N–H and O–H groups in total. The monoisotopic (exact) mass is 162 g/mol. The molecule has 0 amide bonds. The van der Waals surface area contributed by atoms with Gasteiger partial charge in [-0.05, 0) is 25.2 Å². The number of rotatable bonds is 4. The van der Waals surface area contributed by atoms with Crippen LogP contribution in [-0.4, -0.2) is 18.1 Å². The minimum absolute atomic E-state index is 0.695. The molecule has 2 unspecified atom stereocenters. The predicted octanol–water partition coefficient (Wildman–Crippen LogP) is 1.75. The standard InChI is InChI=1S/C6H18OSi2/c1-5-8(3)7-9(4)6-2/h8-9H,5-6H2,1-4H3. The summed E-state index contributed by atoms with van der Waals surface area (Å²) in [6.45, 7) is 9.04. The topological polar surface area (TPSA) is 9.23 Å². The molecule has 0 heterocycles. The third-order valence-corrected chi connectivity index (χ3v) is 7.63. The number of hydrogen-bond donors (Lipinski definition) is 0. The molecule has 0 saturated heterocycles. The van der Waals surface area contributed by atoms with E-state index in [1.807, 2.05) is 0 Å². The summed E-state index contributed by atoms with van der Waals surface area (Å²) in [6, 6.07) is 2.58. The second-order valence-electron chi connectivity index (χ2n) is 2.57. The third kappa shape index (κ3) is 4.87. The van der Waals surface area contributed by atoms with Gasteiger partial charge in [0.05, 0.1) is 0 Å². The Morgan fingerprint density at radius 2 is 1.33 bits per heavy atom. The highest BCUT2D eigenvalue weighted by Crippen LogP contribution is 1.99. The summed E-state index contributed by atoms with van der Waals surface area (Å²) in [6.07, 6.45) is 0. The molecule has 0 aliphatic carbocycles. The van der Waals surface area contributed by atoms with E-state index >= 15 is 0 Å². The first kappa shape index (κ1) is 9.39. The van der Waals surface area contributed by atoms with Crippen molar-refractivity contribution in [2.45, 2.75) is 39.0 Å². The van der Waals surface area contributed by atoms with Gasteiger partial charge in [0.2, 0.25) is 0 Å². The SMILES string of the molecule is CC[SiH](C)O[SiH](C)CC. The minimum atomic E-state index is -0.695. The van der Waals surface area contributed by atoms with Crippen molar-refractivity contribution in [3.8, 4) is 0 Å². The van der Waals surface area contributed by atoms with E-state index in [0.29, 0.717) is 0 Å². The van der Waals surface area contributed by atoms with Gasteiger partial charge in [0.25, 0.3) is 0 Å². The van der Waals surface area contributed by atoms with E-state index in [1.165, 1.54) is 12.1 Å². The molecule has 3 heteroatoms. The van der Waals surface area contributed by atoms with Crippen molar-refractivity contribution in [1.82, 2.24) is 0 Å². The summed E-state index contributed by atoms with van der Waals surface area (Å²) in [5.74, 6) is 0. The van der Waals surface area contributed by atoms with E-state index < -0.39 is 18.1 Å². The lowest BCUT2D eigenvalue weighted by atomic mass is 11.0. The fourth-order valence-corrected chi connectivity index (χ4v) is 5.30. The van der Waals surface area contributed by atoms with E-state index in [-0.39, 0.29) is 0 Å². The summed E-state index contributed by atoms with van der Waals surface area (Å²) < 4.78 is 5.83. The largest absolute Gasteiger partial charge is 0.460 e. The van der Waals surface area contributed by atoms with Crippen LogP contribution in [0.15, 0.2) is 0 Å². The fourth-order valence-electron chi connectivity index (χ4n) is 0.589. The Labute approximate surface area is 61.9 Å². The van der Waals surface area contributed by atoms with Gasteiger partial charge in [-0.15, -0.1) is 0 Å². The molecule has 2 atom stereocenters. The molecule has 0 radical (unpaired) electrons. The Balaban J connectivity index is 3.22. The van der Waals surface area contributed by atoms with Crippen LogP contribution in [0.3, 0.4) is 0 Å². The van der Waals surface area contributed by atoms with Gasteiger partial charge in [-0.3, -0.25) is 0 Å². The van der Waals surface area contributed by atoms with Crippen molar-refractivity contribution in [3.05, 3.63) is 0 Å². The summed E-state index contributed by atoms with van der Waals surface area (Å²) in [5.41, 5.74) is 0. The molecule has 0 aromatic heterocycles. The summed E-state index contributed by atoms with van der Waals surface area (Å²) in [4.78, 5) is 0. The number of hydrogen-bond acceptors (Lipinski definition) is 1. The summed E-state index contributed by atoms with van der Waals surface area (Å²) in [7, 11) is -1.39. The van der Waals surface area contributed by atoms with E-state index in [4.69, 9.17) is 4.12 Å². The third-order valence-electron chi connectivity index (χ3n) is 1.61. The fraction of sp³-hybridized carbons (Fsp3) is 1.00. The molecule has 0 fully saturated rings. The Bertz CT molecular complexity index is 60.1. The minimum Gasteiger partial charge on any atom is -0.460 e. The van der Waals surface area contributed by atoms with Crippen LogP contribution in [-0.2, 0) is 4.12 Å². The highest BCUT2D eigenvalue weighted by atomic mass is 28.4. The van der Waals surface area contributed by atoms with Gasteiger partial charge >= 0.3 is 0 Å². The Hall–Kier alpha value is 0.394. The average molecular weight is 162 g/mol. The van der Waals surface area contributed by atoms with Crippen molar-refractivity contribution in [3.63, 3.8) is 0 Å². The van der Waals surface area contributed by atoms with Crippen LogP contribution in [0, 0.1) is 0 Å². The highest BCUT2D eigenvalue weighted by molar-refractivity contribution is 6.64. The van der Waals surface area contributed by atoms with Crippen LogP contribution >= 0.6 is 0 Å². The second-order valence-corrected chi connectivity index (χ2v) is 8.54. The maximum Gasteiger partial charge on any atom is 0.159 e. The quantitative estimate of drug-likeness (QED) is 0.572. The zero-order valence-corrected chi connectivity index (χ0v) is 9.29. The Morgan fingerprint density at radius 3 is 1.56 bits per heavy atom. The van der Waals surface area contributed by atoms with Gasteiger partial charge in [0.1, 0.15) is 0 Å². The van der Waals surface area contributed by atoms with Crippen molar-refractivity contribution in [2.24, 2.45) is 0 Å². The van der Waals surface area contributed by atoms with Gasteiger partial charge in [0.15, 0.2) is 18.1 Å². The average Bonchev–Trinajstić information content (AvgIpc) is 1.87. The van der Waals surface area contributed by atoms with Crippen LogP contribution in [0.5, 0.6) is 0 Å². The predicted molar refractivity (Wildman–Crippen MR) is 48.1 cm³/mol. The van der Waals surface area contributed by atoms with Gasteiger partial charge in [-0.25, -0.2) is 0 Å². The lowest BCUT2D eigenvalue weighted by molar-refractivity contribution is 0.592. The molecule has 9 heavy (non-hydrogen) atoms. The zero-order valence-electron chi connectivity index (χ0n) is 6.98. The lowest BCUT2D eigenvalue weighted by Crippen LogP contribution is -2.22. The molecule has 0 spiro atoms. The highest BCUT2D eigenvalue weighted by Gasteiger charge is 2.05. The van der Waals surface area contributed by atoms with Crippen LogP contribution in [0.1, 0.15) is 13.8 Å². The van der Waals surface area contributed by atoms with Gasteiger partial charge in [-0.1, -0.05) is 13.8 Å². The Morgan fingerprint density at radius 1 is 1.00 bits per heavy atom. The summed E-state index contributed by atoms with van der Waals surface area (Å²) >= 11 is 0. The molecule has 1 nitrogen and oxygen atoms in total. The molecule has 0 saturated carbocycles. The van der Waals surface area contributed by atoms with Crippen LogP contribution in [0.4, 0.5) is 0 Å². The van der Waals surface area contributed by atoms with Gasteiger partial charge < -0.3 is 4.12 Å². The Kier molecular flexibility index (Phi) is 5.43. The van der Waals surface area contributed by atoms with E-state index in [1.54, 1.807) is 0 Å². The maximum atomic E-state index is 5.83. The first-order valence-corrected chi connectivity index (χ1v) is 8.74. The summed E-state index contributed by atoms with van der Waals surface area (Å²) in [5, 5.41) is 0. The van der Waals surface area contributed by atoms with Crippen molar-refractivity contribution >= 4 is 18.1 Å². The molecule has 0 aliphatic rings. The van der Waals surface area contributed by atoms with E-state index in [2.05, 4.69) is 26.9 Å². The van der Waals surface area contributed by atoms with Crippen molar-refractivity contribution in [2.75, 3.05) is 0 Å². The van der Waals surface area contributed by atoms with Gasteiger partial charge in [0, 0.05) is 0 Å². The molecular weight excluding hydrogens is 144 g/mol. The first-order chi connectivity index (χ1) is 4.20. The molecular formula is C6H18OSi2. The molecule has 0 rings (SSSR count). The zero-order chi connectivity index (χ0) is 7.28. The first-order valence-electron chi connectivity index (χ1n) is 3.86. The van der Waals surface area contributed by atoms with E-state index in [0.717, 1.165) is 0 Å². The molecule has 0 aromatic carbocycles. The van der Waals surface area contributed by atoms with Crippen LogP contribution < -0.4 is 0 Å². The van der Waals surface area contributed by atoms with Crippen molar-refractivity contribution in [1.29, 1.82) is 0 Å². The molecule has 0 aliphatic heterocycles. The van der Waals surface area contributed by atoms with Crippen molar-refractivity contribution < 1.29 is 4.12 Å². The smallest absolute Gasteiger partial charge is 0.159 e.